The maximum Gasteiger partial charge on any atom is 0.497 e. The predicted molar refractivity (Wildman–Crippen MR) is 93.7 cm³/mol. The summed E-state index contributed by atoms with van der Waals surface area (Å²) in [6.07, 6.45) is 3.59. The van der Waals surface area contributed by atoms with Crippen molar-refractivity contribution < 1.29 is 9.31 Å². The van der Waals surface area contributed by atoms with Crippen molar-refractivity contribution in [2.24, 2.45) is 0 Å². The number of anilines is 1. The molecule has 0 unspecified atom stereocenters. The van der Waals surface area contributed by atoms with Crippen LogP contribution >= 0.6 is 0 Å². The molecule has 2 aromatic rings. The maximum atomic E-state index is 6.15. The van der Waals surface area contributed by atoms with Gasteiger partial charge in [0.15, 0.2) is 0 Å². The normalized spacial score (nSPS) is 18.9. The molecule has 1 N–H and O–H groups in total. The van der Waals surface area contributed by atoms with Crippen LogP contribution in [-0.4, -0.2) is 23.3 Å². The second-order valence-electron chi connectivity index (χ2n) is 6.89. The number of aromatic nitrogens is 1. The Hall–Kier alpha value is -1.85. The highest BCUT2D eigenvalue weighted by atomic mass is 16.7. The van der Waals surface area contributed by atoms with Crippen LogP contribution in [0.5, 0.6) is 0 Å². The second kappa shape index (κ2) is 5.98. The fraction of sp³-hybridized carbons (Fsp3) is 0.389. The third-order valence-corrected chi connectivity index (χ3v) is 4.69. The van der Waals surface area contributed by atoms with E-state index >= 15 is 0 Å². The third-order valence-electron chi connectivity index (χ3n) is 4.69. The van der Waals surface area contributed by atoms with Crippen LogP contribution < -0.4 is 10.8 Å². The number of hydrogen-bond donors (Lipinski definition) is 1. The summed E-state index contributed by atoms with van der Waals surface area (Å²) in [4.78, 5) is 4.23. The van der Waals surface area contributed by atoms with Gasteiger partial charge in [0.25, 0.3) is 0 Å². The summed E-state index contributed by atoms with van der Waals surface area (Å²) in [6.45, 7) is 8.98. The number of pyridine rings is 1. The van der Waals surface area contributed by atoms with Crippen molar-refractivity contribution in [3.8, 4) is 0 Å². The van der Waals surface area contributed by atoms with E-state index < -0.39 is 0 Å². The van der Waals surface area contributed by atoms with Gasteiger partial charge >= 0.3 is 7.12 Å². The van der Waals surface area contributed by atoms with E-state index in [2.05, 4.69) is 50.1 Å². The lowest BCUT2D eigenvalue weighted by atomic mass is 9.78. The Morgan fingerprint density at radius 2 is 1.65 bits per heavy atom. The third kappa shape index (κ3) is 3.26. The molecule has 2 heterocycles. The molecule has 1 saturated heterocycles. The minimum atomic E-state index is -0.388. The minimum absolute atomic E-state index is 0.350. The van der Waals surface area contributed by atoms with Gasteiger partial charge in [0.2, 0.25) is 0 Å². The highest BCUT2D eigenvalue weighted by Gasteiger charge is 2.52. The molecule has 0 atom stereocenters. The Labute approximate surface area is 138 Å². The van der Waals surface area contributed by atoms with Gasteiger partial charge in [0.05, 0.1) is 16.9 Å². The molecular weight excluding hydrogens is 287 g/mol. The second-order valence-corrected chi connectivity index (χ2v) is 6.89. The Kier molecular flexibility index (Phi) is 4.17. The summed E-state index contributed by atoms with van der Waals surface area (Å²) in [5.74, 6) is 0. The van der Waals surface area contributed by atoms with Crippen LogP contribution in [0.2, 0.25) is 0 Å². The summed E-state index contributed by atoms with van der Waals surface area (Å²) in [6, 6.07) is 12.2. The van der Waals surface area contributed by atoms with Crippen LogP contribution in [-0.2, 0) is 15.9 Å². The van der Waals surface area contributed by atoms with E-state index in [1.165, 1.54) is 5.56 Å². The standard InChI is InChI=1S/C18H23BN2O2/c1-17(2)18(3,4)23-19(22-17)15-10-11-20-13-16(15)21-12-14-8-6-5-7-9-14/h5-11,13,21H,12H2,1-4H3. The maximum absolute atomic E-state index is 6.15. The van der Waals surface area contributed by atoms with Crippen molar-refractivity contribution in [1.29, 1.82) is 0 Å². The molecule has 1 aliphatic rings. The van der Waals surface area contributed by atoms with Crippen molar-refractivity contribution in [3.05, 3.63) is 54.4 Å². The highest BCUT2D eigenvalue weighted by Crippen LogP contribution is 2.36. The zero-order valence-electron chi connectivity index (χ0n) is 14.2. The summed E-state index contributed by atoms with van der Waals surface area (Å²) in [5.41, 5.74) is 2.44. The first-order chi connectivity index (χ1) is 10.9. The largest absolute Gasteiger partial charge is 0.497 e. The van der Waals surface area contributed by atoms with Crippen molar-refractivity contribution in [1.82, 2.24) is 4.98 Å². The van der Waals surface area contributed by atoms with Crippen molar-refractivity contribution in [2.75, 3.05) is 5.32 Å². The van der Waals surface area contributed by atoms with Crippen LogP contribution in [0.4, 0.5) is 5.69 Å². The van der Waals surface area contributed by atoms with Gasteiger partial charge in [-0.1, -0.05) is 30.3 Å². The molecule has 3 rings (SSSR count). The van der Waals surface area contributed by atoms with Crippen LogP contribution in [0.3, 0.4) is 0 Å². The summed E-state index contributed by atoms with van der Waals surface area (Å²) in [7, 11) is -0.388. The number of nitrogens with zero attached hydrogens (tertiary/aromatic N) is 1. The molecule has 0 aliphatic carbocycles. The zero-order valence-corrected chi connectivity index (χ0v) is 14.2. The van der Waals surface area contributed by atoms with Gasteiger partial charge in [-0.15, -0.1) is 0 Å². The fourth-order valence-electron chi connectivity index (χ4n) is 2.52. The SMILES string of the molecule is CC1(C)OB(c2ccncc2NCc2ccccc2)OC1(C)C. The van der Waals surface area contributed by atoms with Gasteiger partial charge in [-0.2, -0.15) is 0 Å². The number of rotatable bonds is 4. The monoisotopic (exact) mass is 310 g/mol. The molecule has 1 aromatic heterocycles. The number of hydrogen-bond acceptors (Lipinski definition) is 4. The van der Waals surface area contributed by atoms with Gasteiger partial charge in [-0.25, -0.2) is 0 Å². The highest BCUT2D eigenvalue weighted by molar-refractivity contribution is 6.63. The lowest BCUT2D eigenvalue weighted by Crippen LogP contribution is -2.41. The molecule has 1 fully saturated rings. The molecule has 0 radical (unpaired) electrons. The number of nitrogens with one attached hydrogen (secondary N) is 1. The first kappa shape index (κ1) is 16.0. The van der Waals surface area contributed by atoms with E-state index in [0.717, 1.165) is 17.7 Å². The summed E-state index contributed by atoms with van der Waals surface area (Å²) in [5, 5.41) is 3.44. The summed E-state index contributed by atoms with van der Waals surface area (Å²) >= 11 is 0. The molecule has 0 amide bonds. The molecule has 23 heavy (non-hydrogen) atoms. The molecule has 120 valence electrons. The predicted octanol–water partition coefficient (Wildman–Crippen LogP) is 2.99. The Morgan fingerprint density at radius 1 is 1.00 bits per heavy atom. The molecular formula is C18H23BN2O2. The molecule has 0 spiro atoms. The van der Waals surface area contributed by atoms with E-state index in [9.17, 15) is 0 Å². The van der Waals surface area contributed by atoms with Crippen LogP contribution in [0, 0.1) is 0 Å². The molecule has 5 heteroatoms. The van der Waals surface area contributed by atoms with Crippen LogP contribution in [0.15, 0.2) is 48.8 Å². The smallest absolute Gasteiger partial charge is 0.399 e. The average Bonchev–Trinajstić information content (AvgIpc) is 2.75. The van der Waals surface area contributed by atoms with E-state index in [1.807, 2.05) is 30.5 Å². The first-order valence-corrected chi connectivity index (χ1v) is 7.96. The van der Waals surface area contributed by atoms with E-state index in [0.29, 0.717) is 0 Å². The molecule has 4 nitrogen and oxygen atoms in total. The van der Waals surface area contributed by atoms with Gasteiger partial charge < -0.3 is 14.6 Å². The van der Waals surface area contributed by atoms with Gasteiger partial charge in [0.1, 0.15) is 0 Å². The molecule has 1 aliphatic heterocycles. The van der Waals surface area contributed by atoms with Crippen molar-refractivity contribution in [3.63, 3.8) is 0 Å². The lowest BCUT2D eigenvalue weighted by molar-refractivity contribution is 0.00578. The van der Waals surface area contributed by atoms with Gasteiger partial charge in [-0.3, -0.25) is 4.98 Å². The van der Waals surface area contributed by atoms with Gasteiger partial charge in [-0.05, 0) is 39.3 Å². The van der Waals surface area contributed by atoms with Crippen LogP contribution in [0.25, 0.3) is 0 Å². The average molecular weight is 310 g/mol. The van der Waals surface area contributed by atoms with E-state index in [1.54, 1.807) is 6.20 Å². The first-order valence-electron chi connectivity index (χ1n) is 7.96. The fourth-order valence-corrected chi connectivity index (χ4v) is 2.52. The summed E-state index contributed by atoms with van der Waals surface area (Å²) < 4.78 is 12.3. The zero-order chi connectivity index (χ0) is 16.5. The Morgan fingerprint density at radius 3 is 2.30 bits per heavy atom. The lowest BCUT2D eigenvalue weighted by Gasteiger charge is -2.32. The molecule has 0 bridgehead atoms. The molecule has 0 saturated carbocycles. The minimum Gasteiger partial charge on any atom is -0.399 e. The van der Waals surface area contributed by atoms with E-state index in [-0.39, 0.29) is 18.3 Å². The number of benzene rings is 1. The topological polar surface area (TPSA) is 43.4 Å². The van der Waals surface area contributed by atoms with Crippen molar-refractivity contribution in [2.45, 2.75) is 45.4 Å². The molecule has 1 aromatic carbocycles. The Bertz CT molecular complexity index is 658. The quantitative estimate of drug-likeness (QED) is 0.882. The van der Waals surface area contributed by atoms with E-state index in [4.69, 9.17) is 9.31 Å². The van der Waals surface area contributed by atoms with Crippen LogP contribution in [0.1, 0.15) is 33.3 Å². The van der Waals surface area contributed by atoms with Crippen molar-refractivity contribution >= 4 is 18.3 Å². The van der Waals surface area contributed by atoms with Gasteiger partial charge in [0, 0.05) is 24.4 Å². The Balaban J connectivity index is 1.79.